The van der Waals surface area contributed by atoms with Crippen molar-refractivity contribution in [2.45, 2.75) is 20.0 Å². The van der Waals surface area contributed by atoms with Crippen LogP contribution in [0.15, 0.2) is 65.1 Å². The first-order valence-corrected chi connectivity index (χ1v) is 9.54. The molecule has 0 saturated heterocycles. The second-order valence-electron chi connectivity index (χ2n) is 5.66. The van der Waals surface area contributed by atoms with Crippen molar-refractivity contribution in [3.63, 3.8) is 0 Å². The molecule has 1 aromatic carbocycles. The number of aliphatic imine (C=N–C) groups is 1. The molecule has 0 aliphatic rings. The van der Waals surface area contributed by atoms with Gasteiger partial charge in [-0.3, -0.25) is 0 Å². The number of ether oxygens (including phenoxy) is 1. The Morgan fingerprint density at radius 3 is 2.82 bits per heavy atom. The highest BCUT2D eigenvalue weighted by Crippen LogP contribution is 2.23. The van der Waals surface area contributed by atoms with Gasteiger partial charge in [-0.1, -0.05) is 18.2 Å². The van der Waals surface area contributed by atoms with E-state index >= 15 is 0 Å². The van der Waals surface area contributed by atoms with Crippen molar-refractivity contribution < 1.29 is 9.13 Å². The maximum atomic E-state index is 13.4. The number of guanidine groups is 1. The van der Waals surface area contributed by atoms with Crippen LogP contribution in [-0.2, 0) is 13.1 Å². The Morgan fingerprint density at radius 2 is 2.07 bits per heavy atom. The summed E-state index contributed by atoms with van der Waals surface area (Å²) >= 11 is 1.70. The first-order chi connectivity index (χ1) is 13.2. The lowest BCUT2D eigenvalue weighted by Crippen LogP contribution is -2.36. The van der Waals surface area contributed by atoms with Crippen LogP contribution >= 0.6 is 35.3 Å². The van der Waals surface area contributed by atoms with Gasteiger partial charge in [0.25, 0.3) is 0 Å². The number of hydrogen-bond donors (Lipinski definition) is 2. The van der Waals surface area contributed by atoms with Crippen molar-refractivity contribution in [1.29, 1.82) is 0 Å². The standard InChI is InChI=1S/C20H21FN4OS.HI/c1-2-22-20(25-14-18-9-5-11-27-18)24-13-15-6-4-10-23-19(15)26-17-8-3-7-16(21)12-17;/h3-12H,2,13-14H2,1H3,(H2,22,24,25);1H. The van der Waals surface area contributed by atoms with E-state index in [-0.39, 0.29) is 29.8 Å². The summed E-state index contributed by atoms with van der Waals surface area (Å²) in [4.78, 5) is 10.1. The number of thiophene rings is 1. The maximum absolute atomic E-state index is 13.4. The minimum atomic E-state index is -0.352. The van der Waals surface area contributed by atoms with E-state index in [1.165, 1.54) is 17.0 Å². The van der Waals surface area contributed by atoms with Crippen LogP contribution in [0.1, 0.15) is 17.4 Å². The molecule has 3 rings (SSSR count). The molecule has 0 atom stereocenters. The van der Waals surface area contributed by atoms with Crippen LogP contribution in [0.3, 0.4) is 0 Å². The number of pyridine rings is 1. The number of nitrogens with one attached hydrogen (secondary N) is 2. The van der Waals surface area contributed by atoms with Crippen molar-refractivity contribution >= 4 is 41.3 Å². The van der Waals surface area contributed by atoms with Crippen LogP contribution in [-0.4, -0.2) is 17.5 Å². The second-order valence-corrected chi connectivity index (χ2v) is 6.69. The van der Waals surface area contributed by atoms with Crippen LogP contribution in [0, 0.1) is 5.82 Å². The monoisotopic (exact) mass is 512 g/mol. The SMILES string of the molecule is CCNC(=NCc1cccnc1Oc1cccc(F)c1)NCc1cccs1.I. The lowest BCUT2D eigenvalue weighted by atomic mass is 10.2. The zero-order valence-electron chi connectivity index (χ0n) is 15.4. The van der Waals surface area contributed by atoms with Crippen molar-refractivity contribution in [3.8, 4) is 11.6 Å². The third-order valence-corrected chi connectivity index (χ3v) is 4.50. The number of aromatic nitrogens is 1. The predicted molar refractivity (Wildman–Crippen MR) is 122 cm³/mol. The Kier molecular flexibility index (Phi) is 9.15. The van der Waals surface area contributed by atoms with Gasteiger partial charge in [0, 0.05) is 29.2 Å². The van der Waals surface area contributed by atoms with Crippen LogP contribution in [0.4, 0.5) is 4.39 Å². The molecule has 0 fully saturated rings. The number of rotatable bonds is 7. The van der Waals surface area contributed by atoms with Crippen molar-refractivity contribution in [3.05, 3.63) is 76.4 Å². The summed E-state index contributed by atoms with van der Waals surface area (Å²) in [7, 11) is 0. The van der Waals surface area contributed by atoms with Gasteiger partial charge >= 0.3 is 0 Å². The molecule has 0 unspecified atom stereocenters. The Balaban J connectivity index is 0.00000280. The van der Waals surface area contributed by atoms with Gasteiger partial charge < -0.3 is 15.4 Å². The van der Waals surface area contributed by atoms with Gasteiger partial charge in [-0.15, -0.1) is 35.3 Å². The van der Waals surface area contributed by atoms with Crippen molar-refractivity contribution in [2.24, 2.45) is 4.99 Å². The predicted octanol–water partition coefficient (Wildman–Crippen LogP) is 4.95. The highest BCUT2D eigenvalue weighted by Gasteiger charge is 2.07. The molecule has 0 bridgehead atoms. The molecule has 2 aromatic heterocycles. The van der Waals surface area contributed by atoms with Crippen molar-refractivity contribution in [1.82, 2.24) is 15.6 Å². The average molecular weight is 512 g/mol. The van der Waals surface area contributed by atoms with E-state index in [1.807, 2.05) is 30.5 Å². The number of halogens is 2. The van der Waals surface area contributed by atoms with Gasteiger partial charge in [-0.05, 0) is 36.6 Å². The molecule has 5 nitrogen and oxygen atoms in total. The van der Waals surface area contributed by atoms with E-state index in [9.17, 15) is 4.39 Å². The second kappa shape index (κ2) is 11.6. The molecule has 0 aliphatic heterocycles. The lowest BCUT2D eigenvalue weighted by Gasteiger charge is -2.12. The molecule has 148 valence electrons. The minimum absolute atomic E-state index is 0. The maximum Gasteiger partial charge on any atom is 0.224 e. The molecule has 0 saturated carbocycles. The molecule has 2 heterocycles. The zero-order valence-corrected chi connectivity index (χ0v) is 18.5. The normalized spacial score (nSPS) is 10.9. The van der Waals surface area contributed by atoms with Crippen LogP contribution in [0.25, 0.3) is 0 Å². The third kappa shape index (κ3) is 6.75. The first-order valence-electron chi connectivity index (χ1n) is 8.66. The molecule has 28 heavy (non-hydrogen) atoms. The largest absolute Gasteiger partial charge is 0.439 e. The van der Waals surface area contributed by atoms with E-state index in [4.69, 9.17) is 4.74 Å². The Bertz CT molecular complexity index is 889. The molecular formula is C20H22FIN4OS. The average Bonchev–Trinajstić information content (AvgIpc) is 3.19. The third-order valence-electron chi connectivity index (χ3n) is 3.62. The minimum Gasteiger partial charge on any atom is -0.439 e. The fourth-order valence-electron chi connectivity index (χ4n) is 2.37. The summed E-state index contributed by atoms with van der Waals surface area (Å²) in [5, 5.41) is 8.58. The molecule has 0 aliphatic carbocycles. The number of hydrogen-bond acceptors (Lipinski definition) is 4. The summed E-state index contributed by atoms with van der Waals surface area (Å²) in [6, 6.07) is 13.8. The molecule has 0 amide bonds. The summed E-state index contributed by atoms with van der Waals surface area (Å²) in [5.41, 5.74) is 0.815. The van der Waals surface area contributed by atoms with Crippen molar-refractivity contribution in [2.75, 3.05) is 6.54 Å². The molecule has 8 heteroatoms. The lowest BCUT2D eigenvalue weighted by molar-refractivity contribution is 0.452. The fraction of sp³-hybridized carbons (Fsp3) is 0.200. The summed E-state index contributed by atoms with van der Waals surface area (Å²) in [6.45, 7) is 3.88. The zero-order chi connectivity index (χ0) is 18.9. The van der Waals surface area contributed by atoms with Gasteiger partial charge in [-0.25, -0.2) is 14.4 Å². The summed E-state index contributed by atoms with van der Waals surface area (Å²) in [5.74, 6) is 1.18. The fourth-order valence-corrected chi connectivity index (χ4v) is 3.01. The quantitative estimate of drug-likeness (QED) is 0.267. The van der Waals surface area contributed by atoms with Gasteiger partial charge in [-0.2, -0.15) is 0 Å². The highest BCUT2D eigenvalue weighted by atomic mass is 127. The molecule has 3 aromatic rings. The highest BCUT2D eigenvalue weighted by molar-refractivity contribution is 14.0. The Morgan fingerprint density at radius 1 is 1.18 bits per heavy atom. The molecule has 0 spiro atoms. The number of benzene rings is 1. The number of nitrogens with zero attached hydrogens (tertiary/aromatic N) is 2. The van der Waals surface area contributed by atoms with Crippen LogP contribution in [0.2, 0.25) is 0 Å². The van der Waals surface area contributed by atoms with E-state index < -0.39 is 0 Å². The molecule has 0 radical (unpaired) electrons. The first kappa shape index (κ1) is 22.1. The van der Waals surface area contributed by atoms with Crippen LogP contribution in [0.5, 0.6) is 11.6 Å². The smallest absolute Gasteiger partial charge is 0.224 e. The van der Waals surface area contributed by atoms with Gasteiger partial charge in [0.05, 0.1) is 13.1 Å². The summed E-state index contributed by atoms with van der Waals surface area (Å²) in [6.07, 6.45) is 1.64. The van der Waals surface area contributed by atoms with Gasteiger partial charge in [0.2, 0.25) is 5.88 Å². The Labute approximate surface area is 185 Å². The van der Waals surface area contributed by atoms with E-state index in [1.54, 1.807) is 29.7 Å². The van der Waals surface area contributed by atoms with Crippen LogP contribution < -0.4 is 15.4 Å². The summed E-state index contributed by atoms with van der Waals surface area (Å²) < 4.78 is 19.1. The van der Waals surface area contributed by atoms with Gasteiger partial charge in [0.15, 0.2) is 5.96 Å². The topological polar surface area (TPSA) is 58.5 Å². The van der Waals surface area contributed by atoms with E-state index in [0.29, 0.717) is 30.7 Å². The van der Waals surface area contributed by atoms with E-state index in [2.05, 4.69) is 26.7 Å². The molecule has 2 N–H and O–H groups in total. The Hall–Kier alpha value is -2.20. The van der Waals surface area contributed by atoms with Gasteiger partial charge in [0.1, 0.15) is 11.6 Å². The van der Waals surface area contributed by atoms with E-state index in [0.717, 1.165) is 12.1 Å². The molecular weight excluding hydrogens is 490 g/mol.